The first kappa shape index (κ1) is 67.1. The van der Waals surface area contributed by atoms with Crippen molar-refractivity contribution in [1.82, 2.24) is 0 Å². The standard InChI is InChI=1S/C64H120O5/c1-3-5-7-9-11-13-15-17-19-20-21-22-23-24-25-26-27-28-29-30-31-32-33-34-35-36-37-38-39-40-41-42-43-45-46-48-50-52-54-56-58-63(66)68-61-62(60-65)69-64(67)59-57-55-53-51-49-47-44-18-16-14-12-10-8-6-4-2/h6,8,12,14,18,44,62,65H,3-5,7,9-11,13,15-17,19-43,45-61H2,1-2H3/b8-6-,14-12-,44-18-. The fraction of sp³-hybridized carbons (Fsp3) is 0.875. The molecule has 0 aromatic carbocycles. The molecule has 5 nitrogen and oxygen atoms in total. The Bertz CT molecular complexity index is 1100. The van der Waals surface area contributed by atoms with Gasteiger partial charge in [0.25, 0.3) is 0 Å². The number of hydrogen-bond acceptors (Lipinski definition) is 5. The van der Waals surface area contributed by atoms with E-state index in [-0.39, 0.29) is 25.2 Å². The van der Waals surface area contributed by atoms with Gasteiger partial charge in [-0.25, -0.2) is 0 Å². The molecule has 0 aliphatic heterocycles. The lowest BCUT2D eigenvalue weighted by Gasteiger charge is -2.15. The summed E-state index contributed by atoms with van der Waals surface area (Å²) in [7, 11) is 0. The molecule has 1 atom stereocenters. The summed E-state index contributed by atoms with van der Waals surface area (Å²) in [5, 5.41) is 9.63. The van der Waals surface area contributed by atoms with Crippen molar-refractivity contribution in [3.63, 3.8) is 0 Å². The molecule has 1 N–H and O–H groups in total. The van der Waals surface area contributed by atoms with Crippen molar-refractivity contribution < 1.29 is 24.2 Å². The van der Waals surface area contributed by atoms with E-state index in [0.29, 0.717) is 12.8 Å². The molecule has 406 valence electrons. The summed E-state index contributed by atoms with van der Waals surface area (Å²) >= 11 is 0. The molecule has 0 radical (unpaired) electrons. The van der Waals surface area contributed by atoms with E-state index < -0.39 is 6.10 Å². The van der Waals surface area contributed by atoms with Crippen LogP contribution in [0.15, 0.2) is 36.5 Å². The van der Waals surface area contributed by atoms with E-state index in [4.69, 9.17) is 9.47 Å². The van der Waals surface area contributed by atoms with Gasteiger partial charge in [0.2, 0.25) is 0 Å². The van der Waals surface area contributed by atoms with Crippen molar-refractivity contribution in [2.45, 2.75) is 347 Å². The van der Waals surface area contributed by atoms with Crippen molar-refractivity contribution >= 4 is 11.9 Å². The van der Waals surface area contributed by atoms with Crippen LogP contribution in [0.5, 0.6) is 0 Å². The van der Waals surface area contributed by atoms with E-state index in [1.807, 2.05) is 0 Å². The molecule has 0 rings (SSSR count). The van der Waals surface area contributed by atoms with Crippen molar-refractivity contribution in [2.75, 3.05) is 13.2 Å². The van der Waals surface area contributed by atoms with Gasteiger partial charge in [0.05, 0.1) is 6.61 Å². The van der Waals surface area contributed by atoms with Gasteiger partial charge in [-0.2, -0.15) is 0 Å². The topological polar surface area (TPSA) is 72.8 Å². The molecular formula is C64H120O5. The van der Waals surface area contributed by atoms with Crippen LogP contribution in [0, 0.1) is 0 Å². The first-order valence-electron chi connectivity index (χ1n) is 31.0. The zero-order valence-electron chi connectivity index (χ0n) is 46.6. The maximum atomic E-state index is 12.2. The van der Waals surface area contributed by atoms with E-state index in [9.17, 15) is 14.7 Å². The molecule has 0 heterocycles. The summed E-state index contributed by atoms with van der Waals surface area (Å²) in [6.07, 6.45) is 78.9. The lowest BCUT2D eigenvalue weighted by molar-refractivity contribution is -0.161. The van der Waals surface area contributed by atoms with Crippen LogP contribution in [0.4, 0.5) is 0 Å². The summed E-state index contributed by atoms with van der Waals surface area (Å²) in [4.78, 5) is 24.5. The Balaban J connectivity index is 3.34. The third-order valence-electron chi connectivity index (χ3n) is 14.2. The molecule has 0 saturated carbocycles. The lowest BCUT2D eigenvalue weighted by Crippen LogP contribution is -2.28. The number of esters is 2. The van der Waals surface area contributed by atoms with Crippen LogP contribution in [0.2, 0.25) is 0 Å². The molecule has 0 fully saturated rings. The van der Waals surface area contributed by atoms with Gasteiger partial charge < -0.3 is 14.6 Å². The Morgan fingerprint density at radius 1 is 0.348 bits per heavy atom. The molecule has 5 heteroatoms. The molecule has 0 saturated heterocycles. The second-order valence-corrected chi connectivity index (χ2v) is 21.1. The molecule has 0 bridgehead atoms. The van der Waals surface area contributed by atoms with Crippen molar-refractivity contribution in [2.24, 2.45) is 0 Å². The second-order valence-electron chi connectivity index (χ2n) is 21.1. The number of aliphatic hydroxyl groups is 1. The predicted molar refractivity (Wildman–Crippen MR) is 302 cm³/mol. The Labute approximate surface area is 431 Å². The summed E-state index contributed by atoms with van der Waals surface area (Å²) < 4.78 is 10.7. The number of ether oxygens (including phenoxy) is 2. The summed E-state index contributed by atoms with van der Waals surface area (Å²) in [6.45, 7) is 4.05. The Morgan fingerprint density at radius 2 is 0.623 bits per heavy atom. The van der Waals surface area contributed by atoms with Gasteiger partial charge in [-0.15, -0.1) is 0 Å². The molecule has 0 aromatic rings. The molecule has 0 aliphatic carbocycles. The highest BCUT2D eigenvalue weighted by Gasteiger charge is 2.16. The predicted octanol–water partition coefficient (Wildman–Crippen LogP) is 21.0. The summed E-state index contributed by atoms with van der Waals surface area (Å²) in [5.74, 6) is -0.597. The van der Waals surface area contributed by atoms with Gasteiger partial charge in [-0.05, 0) is 44.9 Å². The number of rotatable bonds is 58. The molecule has 0 amide bonds. The summed E-state index contributed by atoms with van der Waals surface area (Å²) in [5.41, 5.74) is 0. The highest BCUT2D eigenvalue weighted by atomic mass is 16.6. The van der Waals surface area contributed by atoms with Crippen LogP contribution in [-0.4, -0.2) is 36.4 Å². The number of allylic oxidation sites excluding steroid dienone is 6. The van der Waals surface area contributed by atoms with Gasteiger partial charge in [-0.1, -0.05) is 320 Å². The van der Waals surface area contributed by atoms with Gasteiger partial charge in [0.1, 0.15) is 6.61 Å². The quantitative estimate of drug-likeness (QED) is 0.0373. The van der Waals surface area contributed by atoms with Crippen LogP contribution >= 0.6 is 0 Å². The number of aliphatic hydroxyl groups excluding tert-OH is 1. The Hall–Kier alpha value is -1.88. The minimum atomic E-state index is -0.779. The van der Waals surface area contributed by atoms with Crippen molar-refractivity contribution in [3.8, 4) is 0 Å². The SMILES string of the molecule is CC/C=C\C/C=C\C/C=C\CCCCCCCC(=O)OC(CO)COC(=O)CCCCCCCCCCCCCCCCCCCCCCCCCCCCCCCCCCCCCCCCCC. The Kier molecular flexibility index (Phi) is 58.8. The van der Waals surface area contributed by atoms with Gasteiger partial charge in [-0.3, -0.25) is 9.59 Å². The van der Waals surface area contributed by atoms with E-state index in [2.05, 4.69) is 50.3 Å². The van der Waals surface area contributed by atoms with E-state index in [1.165, 1.54) is 244 Å². The monoisotopic (exact) mass is 969 g/mol. The van der Waals surface area contributed by atoms with Crippen molar-refractivity contribution in [1.29, 1.82) is 0 Å². The highest BCUT2D eigenvalue weighted by Crippen LogP contribution is 2.18. The third-order valence-corrected chi connectivity index (χ3v) is 14.2. The molecule has 69 heavy (non-hydrogen) atoms. The maximum Gasteiger partial charge on any atom is 0.306 e. The molecular weight excluding hydrogens is 849 g/mol. The fourth-order valence-electron chi connectivity index (χ4n) is 9.58. The van der Waals surface area contributed by atoms with Gasteiger partial charge in [0, 0.05) is 12.8 Å². The van der Waals surface area contributed by atoms with Crippen LogP contribution in [0.3, 0.4) is 0 Å². The number of carbonyl (C=O) groups excluding carboxylic acids is 2. The van der Waals surface area contributed by atoms with Crippen LogP contribution in [0.1, 0.15) is 341 Å². The van der Waals surface area contributed by atoms with Crippen LogP contribution in [0.25, 0.3) is 0 Å². The minimum absolute atomic E-state index is 0.0694. The first-order chi connectivity index (χ1) is 34.1. The van der Waals surface area contributed by atoms with E-state index in [1.54, 1.807) is 0 Å². The van der Waals surface area contributed by atoms with E-state index >= 15 is 0 Å². The first-order valence-corrected chi connectivity index (χ1v) is 31.0. The number of hydrogen-bond donors (Lipinski definition) is 1. The largest absolute Gasteiger partial charge is 0.462 e. The highest BCUT2D eigenvalue weighted by molar-refractivity contribution is 5.70. The number of unbranched alkanes of at least 4 members (excludes halogenated alkanes) is 44. The zero-order chi connectivity index (χ0) is 49.9. The molecule has 0 aromatic heterocycles. The number of carbonyl (C=O) groups is 2. The normalized spacial score (nSPS) is 12.3. The van der Waals surface area contributed by atoms with Crippen LogP contribution < -0.4 is 0 Å². The maximum absolute atomic E-state index is 12.2. The zero-order valence-corrected chi connectivity index (χ0v) is 46.6. The fourth-order valence-corrected chi connectivity index (χ4v) is 9.58. The molecule has 0 spiro atoms. The van der Waals surface area contributed by atoms with Gasteiger partial charge >= 0.3 is 11.9 Å². The molecule has 1 unspecified atom stereocenters. The smallest absolute Gasteiger partial charge is 0.306 e. The average molecular weight is 970 g/mol. The van der Waals surface area contributed by atoms with Crippen molar-refractivity contribution in [3.05, 3.63) is 36.5 Å². The van der Waals surface area contributed by atoms with E-state index in [0.717, 1.165) is 70.6 Å². The Morgan fingerprint density at radius 3 is 0.942 bits per heavy atom. The lowest BCUT2D eigenvalue weighted by atomic mass is 10.0. The third kappa shape index (κ3) is 58.6. The second kappa shape index (κ2) is 60.4. The average Bonchev–Trinajstić information content (AvgIpc) is 3.35. The molecule has 0 aliphatic rings. The van der Waals surface area contributed by atoms with Crippen LogP contribution in [-0.2, 0) is 19.1 Å². The van der Waals surface area contributed by atoms with Gasteiger partial charge in [0.15, 0.2) is 6.10 Å². The summed E-state index contributed by atoms with van der Waals surface area (Å²) in [6, 6.07) is 0. The minimum Gasteiger partial charge on any atom is -0.462 e.